The lowest BCUT2D eigenvalue weighted by molar-refractivity contribution is 0.186. The van der Waals surface area contributed by atoms with Crippen molar-refractivity contribution < 1.29 is 9.13 Å². The molecular weight excluding hydrogens is 245 g/mol. The first-order chi connectivity index (χ1) is 9.31. The van der Waals surface area contributed by atoms with Crippen molar-refractivity contribution in [2.75, 3.05) is 6.54 Å². The van der Waals surface area contributed by atoms with Crippen molar-refractivity contribution >= 4 is 0 Å². The van der Waals surface area contributed by atoms with E-state index in [9.17, 15) is 4.39 Å². The fraction of sp³-hybridized carbons (Fsp3) is 0.286. The molecule has 1 unspecified atom stereocenters. The van der Waals surface area contributed by atoms with Gasteiger partial charge in [0.25, 0.3) is 0 Å². The Morgan fingerprint density at radius 2 is 2.11 bits per heavy atom. The highest BCUT2D eigenvalue weighted by molar-refractivity contribution is 5.54. The molecule has 1 aliphatic heterocycles. The maximum absolute atomic E-state index is 13.1. The van der Waals surface area contributed by atoms with Gasteiger partial charge in [-0.25, -0.2) is 14.4 Å². The first-order valence-corrected chi connectivity index (χ1v) is 6.29. The molecule has 5 heteroatoms. The number of rotatable bonds is 3. The van der Waals surface area contributed by atoms with Crippen LogP contribution in [0.2, 0.25) is 0 Å². The summed E-state index contributed by atoms with van der Waals surface area (Å²) in [5.41, 5.74) is 0.658. The molecule has 19 heavy (non-hydrogen) atoms. The Morgan fingerprint density at radius 1 is 1.26 bits per heavy atom. The molecule has 1 aromatic heterocycles. The van der Waals surface area contributed by atoms with Crippen molar-refractivity contribution in [3.63, 3.8) is 0 Å². The largest absolute Gasteiger partial charge is 0.472 e. The van der Waals surface area contributed by atoms with E-state index in [0.717, 1.165) is 19.4 Å². The van der Waals surface area contributed by atoms with Crippen LogP contribution in [-0.2, 0) is 0 Å². The van der Waals surface area contributed by atoms with E-state index in [1.807, 2.05) is 0 Å². The second kappa shape index (κ2) is 5.32. The SMILES string of the molecule is Fc1cccc(-c2ncc(OC3CCCN3)cn2)c1. The monoisotopic (exact) mass is 259 g/mol. The van der Waals surface area contributed by atoms with Crippen LogP contribution in [0.15, 0.2) is 36.7 Å². The van der Waals surface area contributed by atoms with E-state index in [4.69, 9.17) is 4.74 Å². The van der Waals surface area contributed by atoms with Gasteiger partial charge in [-0.1, -0.05) is 12.1 Å². The molecule has 0 amide bonds. The van der Waals surface area contributed by atoms with Crippen molar-refractivity contribution in [2.24, 2.45) is 0 Å². The lowest BCUT2D eigenvalue weighted by Gasteiger charge is -2.12. The van der Waals surface area contributed by atoms with Crippen LogP contribution in [-0.4, -0.2) is 22.7 Å². The van der Waals surface area contributed by atoms with E-state index < -0.39 is 0 Å². The predicted octanol–water partition coefficient (Wildman–Crippen LogP) is 2.37. The molecule has 1 N–H and O–H groups in total. The zero-order valence-corrected chi connectivity index (χ0v) is 10.3. The second-order valence-electron chi connectivity index (χ2n) is 4.46. The molecule has 1 fully saturated rings. The van der Waals surface area contributed by atoms with Crippen molar-refractivity contribution in [3.8, 4) is 17.1 Å². The molecule has 1 atom stereocenters. The van der Waals surface area contributed by atoms with E-state index in [-0.39, 0.29) is 12.0 Å². The lowest BCUT2D eigenvalue weighted by atomic mass is 10.2. The van der Waals surface area contributed by atoms with E-state index in [0.29, 0.717) is 17.1 Å². The Morgan fingerprint density at radius 3 is 2.79 bits per heavy atom. The third-order valence-corrected chi connectivity index (χ3v) is 3.00. The second-order valence-corrected chi connectivity index (χ2v) is 4.46. The molecule has 4 nitrogen and oxygen atoms in total. The summed E-state index contributed by atoms with van der Waals surface area (Å²) < 4.78 is 18.8. The molecule has 98 valence electrons. The van der Waals surface area contributed by atoms with Crippen LogP contribution in [0.25, 0.3) is 11.4 Å². The van der Waals surface area contributed by atoms with Crippen LogP contribution in [0.1, 0.15) is 12.8 Å². The topological polar surface area (TPSA) is 47.0 Å². The minimum Gasteiger partial charge on any atom is -0.472 e. The summed E-state index contributed by atoms with van der Waals surface area (Å²) in [6.45, 7) is 0.979. The normalized spacial score (nSPS) is 18.5. The lowest BCUT2D eigenvalue weighted by Crippen LogP contribution is -2.27. The molecule has 0 radical (unpaired) electrons. The van der Waals surface area contributed by atoms with Crippen LogP contribution in [0.3, 0.4) is 0 Å². The van der Waals surface area contributed by atoms with E-state index >= 15 is 0 Å². The minimum atomic E-state index is -0.295. The van der Waals surface area contributed by atoms with Gasteiger partial charge in [0.05, 0.1) is 12.4 Å². The maximum atomic E-state index is 13.1. The summed E-state index contributed by atoms with van der Waals surface area (Å²) >= 11 is 0. The van der Waals surface area contributed by atoms with Gasteiger partial charge >= 0.3 is 0 Å². The Kier molecular flexibility index (Phi) is 3.37. The van der Waals surface area contributed by atoms with Gasteiger partial charge in [-0.15, -0.1) is 0 Å². The third kappa shape index (κ3) is 2.88. The summed E-state index contributed by atoms with van der Waals surface area (Å²) in [7, 11) is 0. The molecular formula is C14H14FN3O. The van der Waals surface area contributed by atoms with Crippen LogP contribution >= 0.6 is 0 Å². The minimum absolute atomic E-state index is 0.0450. The first-order valence-electron chi connectivity index (χ1n) is 6.29. The van der Waals surface area contributed by atoms with E-state index in [1.54, 1.807) is 24.5 Å². The standard InChI is InChI=1S/C14H14FN3O/c15-11-4-1-3-10(7-11)14-17-8-12(9-18-14)19-13-5-2-6-16-13/h1,3-4,7-9,13,16H,2,5-6H2. The zero-order chi connectivity index (χ0) is 13.1. The van der Waals surface area contributed by atoms with Crippen LogP contribution in [0, 0.1) is 5.82 Å². The highest BCUT2D eigenvalue weighted by atomic mass is 19.1. The van der Waals surface area contributed by atoms with Gasteiger partial charge in [0.2, 0.25) is 0 Å². The van der Waals surface area contributed by atoms with Crippen molar-refractivity contribution in [1.82, 2.24) is 15.3 Å². The Labute approximate surface area is 110 Å². The van der Waals surface area contributed by atoms with E-state index in [2.05, 4.69) is 15.3 Å². The summed E-state index contributed by atoms with van der Waals surface area (Å²) in [6.07, 6.45) is 5.39. The van der Waals surface area contributed by atoms with Crippen LogP contribution in [0.4, 0.5) is 4.39 Å². The summed E-state index contributed by atoms with van der Waals surface area (Å²) in [6, 6.07) is 6.22. The van der Waals surface area contributed by atoms with Gasteiger partial charge in [-0.05, 0) is 31.5 Å². The number of halogens is 1. The van der Waals surface area contributed by atoms with Crippen molar-refractivity contribution in [2.45, 2.75) is 19.1 Å². The molecule has 1 saturated heterocycles. The zero-order valence-electron chi connectivity index (χ0n) is 10.3. The van der Waals surface area contributed by atoms with E-state index in [1.165, 1.54) is 12.1 Å². The number of hydrogen-bond donors (Lipinski definition) is 1. The molecule has 1 aliphatic rings. The average Bonchev–Trinajstić information content (AvgIpc) is 2.92. The number of ether oxygens (including phenoxy) is 1. The molecule has 1 aromatic carbocycles. The van der Waals surface area contributed by atoms with Crippen molar-refractivity contribution in [1.29, 1.82) is 0 Å². The fourth-order valence-corrected chi connectivity index (χ4v) is 2.07. The summed E-state index contributed by atoms with van der Waals surface area (Å²) in [4.78, 5) is 8.40. The summed E-state index contributed by atoms with van der Waals surface area (Å²) in [5, 5.41) is 3.23. The number of benzene rings is 1. The van der Waals surface area contributed by atoms with Gasteiger partial charge in [0.15, 0.2) is 11.6 Å². The van der Waals surface area contributed by atoms with Crippen molar-refractivity contribution in [3.05, 3.63) is 42.5 Å². The van der Waals surface area contributed by atoms with Crippen LogP contribution in [0.5, 0.6) is 5.75 Å². The Balaban J connectivity index is 1.74. The average molecular weight is 259 g/mol. The number of nitrogens with one attached hydrogen (secondary N) is 1. The van der Waals surface area contributed by atoms with Gasteiger partial charge in [0, 0.05) is 5.56 Å². The van der Waals surface area contributed by atoms with Gasteiger partial charge in [0.1, 0.15) is 12.0 Å². The molecule has 3 rings (SSSR count). The number of nitrogens with zero attached hydrogens (tertiary/aromatic N) is 2. The molecule has 2 heterocycles. The highest BCUT2D eigenvalue weighted by Crippen LogP contribution is 2.19. The molecule has 0 saturated carbocycles. The molecule has 0 spiro atoms. The van der Waals surface area contributed by atoms with Gasteiger partial charge in [-0.3, -0.25) is 5.32 Å². The quantitative estimate of drug-likeness (QED) is 0.919. The molecule has 2 aromatic rings. The Hall–Kier alpha value is -2.01. The molecule has 0 aliphatic carbocycles. The third-order valence-electron chi connectivity index (χ3n) is 3.00. The molecule has 0 bridgehead atoms. The van der Waals surface area contributed by atoms with Gasteiger partial charge < -0.3 is 4.74 Å². The maximum Gasteiger partial charge on any atom is 0.159 e. The smallest absolute Gasteiger partial charge is 0.159 e. The predicted molar refractivity (Wildman–Crippen MR) is 69.1 cm³/mol. The van der Waals surface area contributed by atoms with Crippen LogP contribution < -0.4 is 10.1 Å². The fourth-order valence-electron chi connectivity index (χ4n) is 2.07. The first kappa shape index (κ1) is 12.0. The van der Waals surface area contributed by atoms with Gasteiger partial charge in [-0.2, -0.15) is 0 Å². The number of aromatic nitrogens is 2. The number of hydrogen-bond acceptors (Lipinski definition) is 4. The Bertz CT molecular complexity index is 553. The summed E-state index contributed by atoms with van der Waals surface area (Å²) in [5.74, 6) is 0.822. The highest BCUT2D eigenvalue weighted by Gasteiger charge is 2.15.